The summed E-state index contributed by atoms with van der Waals surface area (Å²) >= 11 is -0.799. The maximum Gasteiger partial charge on any atom is 0.225 e. The lowest BCUT2D eigenvalue weighted by molar-refractivity contribution is -0.129. The minimum atomic E-state index is -2.35. The van der Waals surface area contributed by atoms with Crippen molar-refractivity contribution < 1.29 is 13.6 Å². The normalized spacial score (nSPS) is 13.9. The third-order valence-corrected chi connectivity index (χ3v) is 5.22. The highest BCUT2D eigenvalue weighted by molar-refractivity contribution is 7.80. The molecule has 0 fully saturated rings. The van der Waals surface area contributed by atoms with Gasteiger partial charge in [-0.15, -0.1) is 11.3 Å². The highest BCUT2D eigenvalue weighted by Gasteiger charge is 2.26. The van der Waals surface area contributed by atoms with E-state index >= 15 is 0 Å². The van der Waals surface area contributed by atoms with E-state index < -0.39 is 16.7 Å². The molecule has 2 aromatic rings. The fraction of sp³-hybridized carbons (Fsp3) is 0.444. The van der Waals surface area contributed by atoms with E-state index in [0.29, 0.717) is 12.1 Å². The number of nitrogens with zero attached hydrogens (tertiary/aromatic N) is 1. The van der Waals surface area contributed by atoms with E-state index in [9.17, 15) is 13.6 Å². The maximum atomic E-state index is 12.5. The Morgan fingerprint density at radius 2 is 1.96 bits per heavy atom. The first-order valence-corrected chi connectivity index (χ1v) is 10.3. The van der Waals surface area contributed by atoms with E-state index in [1.54, 1.807) is 23.5 Å². The van der Waals surface area contributed by atoms with E-state index in [1.165, 1.54) is 0 Å². The molecule has 2 rings (SSSR count). The molecule has 0 aliphatic carbocycles. The lowest BCUT2D eigenvalue weighted by Gasteiger charge is -2.23. The number of carbonyl (C=O) groups excluding carboxylic acids is 1. The van der Waals surface area contributed by atoms with Gasteiger partial charge in [-0.2, -0.15) is 0 Å². The number of aryl methyl sites for hydroxylation is 1. The molecule has 2 atom stereocenters. The van der Waals surface area contributed by atoms with Crippen LogP contribution in [0.4, 0.5) is 5.69 Å². The van der Waals surface area contributed by atoms with E-state index in [-0.39, 0.29) is 11.9 Å². The molecule has 1 aromatic carbocycles. The minimum absolute atomic E-state index is 0.0317. The van der Waals surface area contributed by atoms with Gasteiger partial charge in [0.2, 0.25) is 5.91 Å². The molecule has 0 radical (unpaired) electrons. The van der Waals surface area contributed by atoms with E-state index in [2.05, 4.69) is 15.0 Å². The standard InChI is InChI=1S/C18H25N3O3S2/c1-5-13-11-25-16(19-13)15(20-17(22)18(2,3)4)10-12-6-8-14(9-7-12)21-26(23)24/h6-9,11,15,21H,5,10H2,1-4H3,(H,20,22)(H,23,24)/p-1/t15-/m0/s1. The van der Waals surface area contributed by atoms with Gasteiger partial charge >= 0.3 is 0 Å². The van der Waals surface area contributed by atoms with Crippen molar-refractivity contribution >= 4 is 34.2 Å². The van der Waals surface area contributed by atoms with Gasteiger partial charge in [0.05, 0.1) is 11.7 Å². The van der Waals surface area contributed by atoms with Crippen LogP contribution < -0.4 is 10.0 Å². The Kier molecular flexibility index (Phi) is 6.91. The molecule has 2 N–H and O–H groups in total. The molecule has 1 unspecified atom stereocenters. The molecule has 8 heteroatoms. The lowest BCUT2D eigenvalue weighted by Crippen LogP contribution is -2.38. The van der Waals surface area contributed by atoms with E-state index in [4.69, 9.17) is 0 Å². The number of carbonyl (C=O) groups is 1. The molecule has 1 amide bonds. The number of aromatic nitrogens is 1. The third-order valence-electron chi connectivity index (χ3n) is 3.81. The SMILES string of the molecule is CCc1csc([C@H](Cc2ccc(NS(=O)[O-])cc2)NC(=O)C(C)(C)C)n1. The summed E-state index contributed by atoms with van der Waals surface area (Å²) in [5.41, 5.74) is 2.01. The zero-order valence-electron chi connectivity index (χ0n) is 15.4. The molecule has 0 aliphatic heterocycles. The van der Waals surface area contributed by atoms with Gasteiger partial charge in [-0.25, -0.2) is 4.98 Å². The van der Waals surface area contributed by atoms with Gasteiger partial charge in [0.1, 0.15) is 5.01 Å². The number of hydrogen-bond acceptors (Lipinski definition) is 5. The van der Waals surface area contributed by atoms with Crippen LogP contribution in [0.15, 0.2) is 29.6 Å². The topological polar surface area (TPSA) is 94.1 Å². The van der Waals surface area contributed by atoms with Gasteiger partial charge in [0.15, 0.2) is 0 Å². The van der Waals surface area contributed by atoms with Crippen LogP contribution in [0.1, 0.15) is 50.0 Å². The molecule has 6 nitrogen and oxygen atoms in total. The van der Waals surface area contributed by atoms with Crippen molar-refractivity contribution in [3.8, 4) is 0 Å². The molecule has 1 aromatic heterocycles. The number of hydrogen-bond donors (Lipinski definition) is 2. The molecular formula is C18H24N3O3S2-. The highest BCUT2D eigenvalue weighted by atomic mass is 32.2. The molecule has 0 bridgehead atoms. The third kappa shape index (κ3) is 5.89. The second kappa shape index (κ2) is 8.75. The number of amides is 1. The second-order valence-corrected chi connectivity index (χ2v) is 8.61. The number of benzene rings is 1. The number of thiazole rings is 1. The Hall–Kier alpha value is -1.77. The fourth-order valence-corrected chi connectivity index (χ4v) is 3.54. The maximum absolute atomic E-state index is 12.5. The van der Waals surface area contributed by atoms with Crippen LogP contribution in [-0.4, -0.2) is 19.7 Å². The van der Waals surface area contributed by atoms with Crippen molar-refractivity contribution in [1.82, 2.24) is 10.3 Å². The Morgan fingerprint density at radius 3 is 2.46 bits per heavy atom. The van der Waals surface area contributed by atoms with Crippen molar-refractivity contribution in [2.45, 2.75) is 46.6 Å². The molecule has 0 saturated heterocycles. The quantitative estimate of drug-likeness (QED) is 0.704. The van der Waals surface area contributed by atoms with Crippen molar-refractivity contribution in [3.05, 3.63) is 45.9 Å². The van der Waals surface area contributed by atoms with Crippen LogP contribution in [0.3, 0.4) is 0 Å². The molecule has 0 spiro atoms. The summed E-state index contributed by atoms with van der Waals surface area (Å²) in [4.78, 5) is 17.1. The Labute approximate surface area is 160 Å². The first-order chi connectivity index (χ1) is 12.2. The summed E-state index contributed by atoms with van der Waals surface area (Å²) in [7, 11) is 0. The van der Waals surface area contributed by atoms with Crippen LogP contribution in [0.25, 0.3) is 0 Å². The van der Waals surface area contributed by atoms with Gasteiger partial charge in [0, 0.05) is 27.7 Å². The lowest BCUT2D eigenvalue weighted by atomic mass is 9.94. The van der Waals surface area contributed by atoms with Crippen LogP contribution in [0, 0.1) is 5.41 Å². The highest BCUT2D eigenvalue weighted by Crippen LogP contribution is 2.25. The van der Waals surface area contributed by atoms with Crippen molar-refractivity contribution in [1.29, 1.82) is 0 Å². The van der Waals surface area contributed by atoms with Gasteiger partial charge < -0.3 is 14.6 Å². The number of rotatable bonds is 7. The molecule has 0 aliphatic rings. The summed E-state index contributed by atoms with van der Waals surface area (Å²) in [5.74, 6) is -0.0317. The largest absolute Gasteiger partial charge is 0.755 e. The monoisotopic (exact) mass is 394 g/mol. The van der Waals surface area contributed by atoms with Crippen molar-refractivity contribution in [2.75, 3.05) is 4.72 Å². The van der Waals surface area contributed by atoms with Crippen LogP contribution in [0.5, 0.6) is 0 Å². The average Bonchev–Trinajstić information content (AvgIpc) is 3.03. The summed E-state index contributed by atoms with van der Waals surface area (Å²) < 4.78 is 23.7. The van der Waals surface area contributed by atoms with Crippen molar-refractivity contribution in [3.63, 3.8) is 0 Å². The predicted octanol–water partition coefficient (Wildman–Crippen LogP) is 3.36. The fourth-order valence-electron chi connectivity index (χ4n) is 2.26. The van der Waals surface area contributed by atoms with Gasteiger partial charge in [-0.3, -0.25) is 9.00 Å². The minimum Gasteiger partial charge on any atom is -0.755 e. The Balaban J connectivity index is 2.20. The van der Waals surface area contributed by atoms with Crippen LogP contribution in [0.2, 0.25) is 0 Å². The average molecular weight is 395 g/mol. The molecule has 1 heterocycles. The molecule has 142 valence electrons. The van der Waals surface area contributed by atoms with Gasteiger partial charge in [0.25, 0.3) is 0 Å². The van der Waals surface area contributed by atoms with Gasteiger partial charge in [-0.1, -0.05) is 39.8 Å². The summed E-state index contributed by atoms with van der Waals surface area (Å²) in [5, 5.41) is 5.99. The smallest absolute Gasteiger partial charge is 0.225 e. The zero-order chi connectivity index (χ0) is 19.3. The zero-order valence-corrected chi connectivity index (χ0v) is 17.0. The number of anilines is 1. The van der Waals surface area contributed by atoms with Crippen LogP contribution >= 0.6 is 11.3 Å². The second-order valence-electron chi connectivity index (χ2n) is 7.04. The summed E-state index contributed by atoms with van der Waals surface area (Å²) in [6.07, 6.45) is 1.43. The number of nitrogens with one attached hydrogen (secondary N) is 2. The van der Waals surface area contributed by atoms with Crippen LogP contribution in [-0.2, 0) is 28.9 Å². The Bertz CT molecular complexity index is 767. The van der Waals surface area contributed by atoms with Gasteiger partial charge in [-0.05, 0) is 30.5 Å². The molecule has 26 heavy (non-hydrogen) atoms. The summed E-state index contributed by atoms with van der Waals surface area (Å²) in [6, 6.07) is 6.87. The Morgan fingerprint density at radius 1 is 1.31 bits per heavy atom. The molecular weight excluding hydrogens is 370 g/mol. The van der Waals surface area contributed by atoms with E-state index in [1.807, 2.05) is 45.2 Å². The molecule has 0 saturated carbocycles. The predicted molar refractivity (Wildman–Crippen MR) is 105 cm³/mol. The van der Waals surface area contributed by atoms with E-state index in [0.717, 1.165) is 22.7 Å². The summed E-state index contributed by atoms with van der Waals surface area (Å²) in [6.45, 7) is 7.68. The van der Waals surface area contributed by atoms with Crippen molar-refractivity contribution in [2.24, 2.45) is 5.41 Å². The first kappa shape index (κ1) is 20.5. The first-order valence-electron chi connectivity index (χ1n) is 8.39.